The van der Waals surface area contributed by atoms with E-state index in [-0.39, 0.29) is 0 Å². The molecule has 0 bridgehead atoms. The molecule has 0 aliphatic carbocycles. The zero-order chi connectivity index (χ0) is 19.8. The molecule has 0 aliphatic rings. The van der Waals surface area contributed by atoms with Gasteiger partial charge < -0.3 is 19.9 Å². The minimum Gasteiger partial charge on any atom is -0.493 e. The summed E-state index contributed by atoms with van der Waals surface area (Å²) in [5, 5.41) is 16.4. The number of hydrogen-bond acceptors (Lipinski definition) is 5. The molecule has 0 saturated carbocycles. The monoisotopic (exact) mass is 387 g/mol. The van der Waals surface area contributed by atoms with Crippen molar-refractivity contribution < 1.29 is 19.4 Å². The number of hydrazone groups is 1. The van der Waals surface area contributed by atoms with Crippen LogP contribution in [0.25, 0.3) is 0 Å². The Bertz CT molecular complexity index is 868. The second kappa shape index (κ2) is 9.54. The van der Waals surface area contributed by atoms with E-state index in [0.717, 1.165) is 16.8 Å². The van der Waals surface area contributed by atoms with Crippen LogP contribution in [0, 0.1) is 6.92 Å². The molecule has 0 saturated heterocycles. The third-order valence-electron chi connectivity index (χ3n) is 3.65. The summed E-state index contributed by atoms with van der Waals surface area (Å²) < 4.78 is 10.4. The van der Waals surface area contributed by atoms with E-state index in [1.807, 2.05) is 38.1 Å². The number of aliphatic carboxylic acids is 1. The molecule has 0 fully saturated rings. The molecule has 0 atom stereocenters. The Hall–Kier alpha value is -3.13. The number of anilines is 1. The molecule has 0 heterocycles. The summed E-state index contributed by atoms with van der Waals surface area (Å²) in [6, 6.07) is 12.9. The van der Waals surface area contributed by atoms with E-state index in [1.165, 1.54) is 7.11 Å². The van der Waals surface area contributed by atoms with Crippen LogP contribution < -0.4 is 20.2 Å². The van der Waals surface area contributed by atoms with Crippen LogP contribution in [0.4, 0.5) is 5.69 Å². The number of carboxylic acid groups (broad SMARTS) is 1. The highest BCUT2D eigenvalue weighted by Gasteiger charge is 2.09. The molecule has 0 radical (unpaired) electrons. The van der Waals surface area contributed by atoms with Crippen molar-refractivity contribution in [2.45, 2.75) is 13.8 Å². The van der Waals surface area contributed by atoms with Crippen molar-refractivity contribution in [2.24, 2.45) is 5.10 Å². The molecule has 0 unspecified atom stereocenters. The predicted octanol–water partition coefficient (Wildman–Crippen LogP) is 3.18. The van der Waals surface area contributed by atoms with Crippen LogP contribution in [0.15, 0.2) is 47.6 Å². The summed E-state index contributed by atoms with van der Waals surface area (Å²) in [5.41, 5.74) is 6.24. The van der Waals surface area contributed by atoms with Crippen molar-refractivity contribution in [2.75, 3.05) is 19.0 Å². The number of ether oxygens (including phenoxy) is 2. The number of aryl methyl sites for hydroxylation is 1. The van der Waals surface area contributed by atoms with E-state index < -0.39 is 12.6 Å². The summed E-state index contributed by atoms with van der Waals surface area (Å²) in [4.78, 5) is 10.6. The van der Waals surface area contributed by atoms with Crippen molar-refractivity contribution in [3.8, 4) is 11.5 Å². The van der Waals surface area contributed by atoms with Crippen LogP contribution in [-0.2, 0) is 4.79 Å². The maximum absolute atomic E-state index is 10.6. The van der Waals surface area contributed by atoms with Crippen molar-refractivity contribution in [1.82, 2.24) is 5.43 Å². The number of thiocarbonyl (C=S) groups is 1. The summed E-state index contributed by atoms with van der Waals surface area (Å²) >= 11 is 5.26. The zero-order valence-electron chi connectivity index (χ0n) is 15.3. The van der Waals surface area contributed by atoms with Crippen molar-refractivity contribution in [3.63, 3.8) is 0 Å². The lowest BCUT2D eigenvalue weighted by Gasteiger charge is -2.12. The van der Waals surface area contributed by atoms with Gasteiger partial charge in [0.1, 0.15) is 0 Å². The standard InChI is InChI=1S/C19H21N3O4S/c1-12-6-4-5-7-15(12)20-19(27)22-21-13(2)14-8-9-16(17(10-14)25-3)26-11-18(23)24/h4-10H,11H2,1-3H3,(H,23,24)(H2,20,22,27)/b21-13-. The van der Waals surface area contributed by atoms with Gasteiger partial charge in [-0.3, -0.25) is 5.43 Å². The number of nitrogens with one attached hydrogen (secondary N) is 2. The topological polar surface area (TPSA) is 92.2 Å². The van der Waals surface area contributed by atoms with Gasteiger partial charge in [-0.05, 0) is 55.9 Å². The van der Waals surface area contributed by atoms with Gasteiger partial charge in [0.15, 0.2) is 23.2 Å². The molecule has 8 heteroatoms. The van der Waals surface area contributed by atoms with Crippen LogP contribution in [0.1, 0.15) is 18.1 Å². The molecule has 2 aromatic rings. The number of carboxylic acids is 1. The molecule has 0 amide bonds. The first-order valence-electron chi connectivity index (χ1n) is 8.10. The van der Waals surface area contributed by atoms with Crippen LogP contribution in [0.5, 0.6) is 11.5 Å². The smallest absolute Gasteiger partial charge is 0.341 e. The third kappa shape index (κ3) is 5.96. The molecule has 0 aliphatic heterocycles. The van der Waals surface area contributed by atoms with Crippen molar-refractivity contribution in [1.29, 1.82) is 0 Å². The minimum atomic E-state index is -1.06. The Labute approximate surface area is 163 Å². The van der Waals surface area contributed by atoms with Gasteiger partial charge in [0, 0.05) is 11.3 Å². The molecular formula is C19H21N3O4S. The van der Waals surface area contributed by atoms with Gasteiger partial charge in [-0.2, -0.15) is 5.10 Å². The number of para-hydroxylation sites is 1. The van der Waals surface area contributed by atoms with Gasteiger partial charge in [-0.25, -0.2) is 4.79 Å². The Balaban J connectivity index is 2.05. The summed E-state index contributed by atoms with van der Waals surface area (Å²) in [6.07, 6.45) is 0. The molecule has 0 aromatic heterocycles. The van der Waals surface area contributed by atoms with Gasteiger partial charge in [-0.15, -0.1) is 0 Å². The Morgan fingerprint density at radius 3 is 2.63 bits per heavy atom. The zero-order valence-corrected chi connectivity index (χ0v) is 16.1. The summed E-state index contributed by atoms with van der Waals surface area (Å²) in [6.45, 7) is 3.36. The molecular weight excluding hydrogens is 366 g/mol. The Morgan fingerprint density at radius 2 is 1.96 bits per heavy atom. The van der Waals surface area contributed by atoms with Gasteiger partial charge >= 0.3 is 5.97 Å². The number of rotatable bonds is 7. The highest BCUT2D eigenvalue weighted by molar-refractivity contribution is 7.80. The SMILES string of the molecule is COc1cc(/C(C)=N\NC(=S)Nc2ccccc2C)ccc1OCC(=O)O. The average molecular weight is 387 g/mol. The minimum absolute atomic E-state index is 0.348. The van der Waals surface area contributed by atoms with E-state index in [2.05, 4.69) is 15.8 Å². The third-order valence-corrected chi connectivity index (χ3v) is 3.84. The molecule has 27 heavy (non-hydrogen) atoms. The molecule has 142 valence electrons. The van der Waals surface area contributed by atoms with Crippen molar-refractivity contribution in [3.05, 3.63) is 53.6 Å². The lowest BCUT2D eigenvalue weighted by molar-refractivity contribution is -0.139. The Morgan fingerprint density at radius 1 is 1.22 bits per heavy atom. The first-order chi connectivity index (χ1) is 12.9. The molecule has 2 rings (SSSR count). The summed E-state index contributed by atoms with van der Waals surface area (Å²) in [7, 11) is 1.48. The van der Waals surface area contributed by atoms with Gasteiger partial charge in [0.05, 0.1) is 12.8 Å². The second-order valence-corrected chi connectivity index (χ2v) is 6.03. The highest BCUT2D eigenvalue weighted by atomic mass is 32.1. The lowest BCUT2D eigenvalue weighted by Crippen LogP contribution is -2.25. The van der Waals surface area contributed by atoms with E-state index in [1.54, 1.807) is 18.2 Å². The first kappa shape index (κ1) is 20.2. The van der Waals surface area contributed by atoms with E-state index in [9.17, 15) is 4.79 Å². The van der Waals surface area contributed by atoms with E-state index in [4.69, 9.17) is 26.8 Å². The van der Waals surface area contributed by atoms with E-state index >= 15 is 0 Å². The van der Waals surface area contributed by atoms with Gasteiger partial charge in [-0.1, -0.05) is 18.2 Å². The van der Waals surface area contributed by atoms with Gasteiger partial charge in [0.2, 0.25) is 0 Å². The molecule has 2 aromatic carbocycles. The van der Waals surface area contributed by atoms with Crippen molar-refractivity contribution >= 4 is 34.7 Å². The average Bonchev–Trinajstić information content (AvgIpc) is 2.66. The number of methoxy groups -OCH3 is 1. The summed E-state index contributed by atoms with van der Waals surface area (Å²) in [5.74, 6) is -0.289. The predicted molar refractivity (Wildman–Crippen MR) is 109 cm³/mol. The number of hydrogen-bond donors (Lipinski definition) is 3. The fourth-order valence-electron chi connectivity index (χ4n) is 2.21. The maximum Gasteiger partial charge on any atom is 0.341 e. The van der Waals surface area contributed by atoms with Crippen LogP contribution >= 0.6 is 12.2 Å². The molecule has 7 nitrogen and oxygen atoms in total. The number of benzene rings is 2. The van der Waals surface area contributed by atoms with Crippen LogP contribution in [0.2, 0.25) is 0 Å². The largest absolute Gasteiger partial charge is 0.493 e. The lowest BCUT2D eigenvalue weighted by atomic mass is 10.1. The molecule has 0 spiro atoms. The first-order valence-corrected chi connectivity index (χ1v) is 8.51. The Kier molecular flexibility index (Phi) is 7.13. The number of nitrogens with zero attached hydrogens (tertiary/aromatic N) is 1. The maximum atomic E-state index is 10.6. The van der Waals surface area contributed by atoms with E-state index in [0.29, 0.717) is 22.3 Å². The van der Waals surface area contributed by atoms with Gasteiger partial charge in [0.25, 0.3) is 0 Å². The fourth-order valence-corrected chi connectivity index (χ4v) is 2.37. The number of carbonyl (C=O) groups is 1. The van der Waals surface area contributed by atoms with Crippen LogP contribution in [-0.4, -0.2) is 35.6 Å². The quantitative estimate of drug-likeness (QED) is 0.382. The highest BCUT2D eigenvalue weighted by Crippen LogP contribution is 2.28. The normalized spacial score (nSPS) is 10.9. The fraction of sp³-hybridized carbons (Fsp3) is 0.211. The second-order valence-electron chi connectivity index (χ2n) is 5.63. The van der Waals surface area contributed by atoms with Crippen LogP contribution in [0.3, 0.4) is 0 Å². The molecule has 3 N–H and O–H groups in total.